The van der Waals surface area contributed by atoms with E-state index in [9.17, 15) is 14.4 Å². The van der Waals surface area contributed by atoms with Gasteiger partial charge in [-0.3, -0.25) is 14.4 Å². The topological polar surface area (TPSA) is 127 Å². The summed E-state index contributed by atoms with van der Waals surface area (Å²) in [6, 6.07) is -1.15. The van der Waals surface area contributed by atoms with Gasteiger partial charge in [0.1, 0.15) is 0 Å². The first-order valence-electron chi connectivity index (χ1n) is 5.28. The van der Waals surface area contributed by atoms with Crippen molar-refractivity contribution in [2.75, 3.05) is 13.1 Å². The average molecular weight is 245 g/mol. The summed E-state index contributed by atoms with van der Waals surface area (Å²) in [6.45, 7) is 3.80. The van der Waals surface area contributed by atoms with Crippen molar-refractivity contribution in [3.8, 4) is 0 Å². The van der Waals surface area contributed by atoms with Gasteiger partial charge in [0.15, 0.2) is 0 Å². The van der Waals surface area contributed by atoms with Gasteiger partial charge in [-0.1, -0.05) is 13.8 Å². The lowest BCUT2D eigenvalue weighted by molar-refractivity contribution is -0.142. The summed E-state index contributed by atoms with van der Waals surface area (Å²) in [4.78, 5) is 34.2. The maximum atomic E-state index is 11.8. The predicted molar refractivity (Wildman–Crippen MR) is 60.8 cm³/mol. The first-order valence-corrected chi connectivity index (χ1v) is 5.28. The highest BCUT2D eigenvalue weighted by atomic mass is 16.4. The number of carboxylic acids is 1. The number of hydrogen-bond donors (Lipinski definition) is 3. The van der Waals surface area contributed by atoms with E-state index in [1.807, 2.05) is 13.8 Å². The molecule has 0 bridgehead atoms. The molecule has 7 nitrogen and oxygen atoms in total. The maximum absolute atomic E-state index is 11.8. The fraction of sp³-hybridized carbons (Fsp3) is 0.700. The van der Waals surface area contributed by atoms with E-state index in [-0.39, 0.29) is 12.5 Å². The maximum Gasteiger partial charge on any atom is 0.305 e. The van der Waals surface area contributed by atoms with Crippen LogP contribution in [0.2, 0.25) is 0 Å². The van der Waals surface area contributed by atoms with Crippen LogP contribution in [0.15, 0.2) is 0 Å². The molecule has 0 rings (SSSR count). The third kappa shape index (κ3) is 6.52. The van der Waals surface area contributed by atoms with E-state index in [4.69, 9.17) is 16.6 Å². The second-order valence-corrected chi connectivity index (χ2v) is 4.28. The number of aliphatic carboxylic acids is 1. The van der Waals surface area contributed by atoms with Crippen LogP contribution >= 0.6 is 0 Å². The lowest BCUT2D eigenvalue weighted by Gasteiger charge is -2.25. The summed E-state index contributed by atoms with van der Waals surface area (Å²) in [5.74, 6) is -2.24. The van der Waals surface area contributed by atoms with Gasteiger partial charge in [-0.05, 0) is 5.92 Å². The molecular formula is C10H19N3O4. The number of rotatable bonds is 7. The molecule has 0 aromatic rings. The van der Waals surface area contributed by atoms with E-state index >= 15 is 0 Å². The molecular weight excluding hydrogens is 226 g/mol. The molecule has 1 atom stereocenters. The zero-order valence-corrected chi connectivity index (χ0v) is 10.0. The van der Waals surface area contributed by atoms with E-state index < -0.39 is 30.2 Å². The summed E-state index contributed by atoms with van der Waals surface area (Å²) in [7, 11) is 0. The Morgan fingerprint density at radius 2 is 1.82 bits per heavy atom. The zero-order valence-electron chi connectivity index (χ0n) is 10.0. The van der Waals surface area contributed by atoms with Crippen LogP contribution in [0.4, 0.5) is 0 Å². The molecule has 0 radical (unpaired) electrons. The highest BCUT2D eigenvalue weighted by Gasteiger charge is 2.24. The first kappa shape index (κ1) is 15.4. The number of nitrogens with two attached hydrogens (primary N) is 2. The van der Waals surface area contributed by atoms with Crippen molar-refractivity contribution >= 4 is 17.8 Å². The van der Waals surface area contributed by atoms with Crippen molar-refractivity contribution in [3.05, 3.63) is 0 Å². The highest BCUT2D eigenvalue weighted by Crippen LogP contribution is 2.03. The van der Waals surface area contributed by atoms with Gasteiger partial charge in [-0.15, -0.1) is 0 Å². The van der Waals surface area contributed by atoms with Crippen LogP contribution in [0.5, 0.6) is 0 Å². The van der Waals surface area contributed by atoms with Gasteiger partial charge < -0.3 is 21.5 Å². The Balaban J connectivity index is 4.60. The van der Waals surface area contributed by atoms with Crippen molar-refractivity contribution in [2.45, 2.75) is 26.3 Å². The van der Waals surface area contributed by atoms with Crippen molar-refractivity contribution in [1.29, 1.82) is 0 Å². The third-order valence-corrected chi connectivity index (χ3v) is 1.96. The summed E-state index contributed by atoms with van der Waals surface area (Å²) in [6.07, 6.45) is -0.466. The zero-order chi connectivity index (χ0) is 13.6. The Labute approximate surface area is 99.7 Å². The van der Waals surface area contributed by atoms with E-state index in [1.165, 1.54) is 4.90 Å². The lowest BCUT2D eigenvalue weighted by atomic mass is 10.1. The summed E-state index contributed by atoms with van der Waals surface area (Å²) < 4.78 is 0. The number of hydrogen-bond acceptors (Lipinski definition) is 4. The number of amides is 2. The molecule has 17 heavy (non-hydrogen) atoms. The minimum Gasteiger partial charge on any atom is -0.481 e. The van der Waals surface area contributed by atoms with Crippen molar-refractivity contribution in [2.24, 2.45) is 17.4 Å². The van der Waals surface area contributed by atoms with E-state index in [0.717, 1.165) is 0 Å². The summed E-state index contributed by atoms with van der Waals surface area (Å²) in [5.41, 5.74) is 10.5. The van der Waals surface area contributed by atoms with Gasteiger partial charge in [0.25, 0.3) is 0 Å². The fourth-order valence-electron chi connectivity index (χ4n) is 1.37. The molecule has 0 fully saturated rings. The van der Waals surface area contributed by atoms with Gasteiger partial charge >= 0.3 is 5.97 Å². The Morgan fingerprint density at radius 3 is 2.18 bits per heavy atom. The monoisotopic (exact) mass is 245 g/mol. The van der Waals surface area contributed by atoms with Crippen molar-refractivity contribution < 1.29 is 19.5 Å². The standard InChI is InChI=1S/C10H19N3O4/c1-6(2)4-13(5-8(12)14)10(17)7(11)3-9(15)16/h6-7H,3-5,11H2,1-2H3,(H2,12,14)(H,15,16). The van der Waals surface area contributed by atoms with Crippen LogP contribution in [0.3, 0.4) is 0 Å². The quantitative estimate of drug-likeness (QED) is 0.517. The van der Waals surface area contributed by atoms with E-state index in [1.54, 1.807) is 0 Å². The minimum atomic E-state index is -1.16. The number of nitrogens with zero attached hydrogens (tertiary/aromatic N) is 1. The van der Waals surface area contributed by atoms with Crippen molar-refractivity contribution in [1.82, 2.24) is 4.90 Å². The van der Waals surface area contributed by atoms with Crippen LogP contribution in [-0.4, -0.2) is 46.9 Å². The lowest BCUT2D eigenvalue weighted by Crippen LogP contribution is -2.49. The Bertz CT molecular complexity index is 304. The molecule has 1 unspecified atom stereocenters. The Hall–Kier alpha value is -1.63. The molecule has 0 saturated carbocycles. The summed E-state index contributed by atoms with van der Waals surface area (Å²) >= 11 is 0. The van der Waals surface area contributed by atoms with Crippen LogP contribution in [0, 0.1) is 5.92 Å². The predicted octanol–water partition coefficient (Wildman–Crippen LogP) is -1.24. The number of primary amides is 1. The van der Waals surface area contributed by atoms with Gasteiger partial charge in [-0.25, -0.2) is 0 Å². The first-order chi connectivity index (χ1) is 7.73. The smallest absolute Gasteiger partial charge is 0.305 e. The van der Waals surface area contributed by atoms with Gasteiger partial charge in [0.05, 0.1) is 19.0 Å². The van der Waals surface area contributed by atoms with Gasteiger partial charge in [-0.2, -0.15) is 0 Å². The second kappa shape index (κ2) is 6.85. The largest absolute Gasteiger partial charge is 0.481 e. The number of carbonyl (C=O) groups is 3. The van der Waals surface area contributed by atoms with E-state index in [2.05, 4.69) is 0 Å². The van der Waals surface area contributed by atoms with Crippen LogP contribution in [0.1, 0.15) is 20.3 Å². The van der Waals surface area contributed by atoms with Crippen LogP contribution in [-0.2, 0) is 14.4 Å². The Kier molecular flexibility index (Phi) is 6.19. The van der Waals surface area contributed by atoms with Crippen LogP contribution in [0.25, 0.3) is 0 Å². The van der Waals surface area contributed by atoms with Gasteiger partial charge in [0.2, 0.25) is 11.8 Å². The van der Waals surface area contributed by atoms with Gasteiger partial charge in [0, 0.05) is 6.54 Å². The Morgan fingerprint density at radius 1 is 1.29 bits per heavy atom. The average Bonchev–Trinajstić information content (AvgIpc) is 2.12. The molecule has 7 heteroatoms. The molecule has 0 aliphatic carbocycles. The molecule has 0 spiro atoms. The molecule has 0 heterocycles. The van der Waals surface area contributed by atoms with Crippen molar-refractivity contribution in [3.63, 3.8) is 0 Å². The molecule has 0 aromatic heterocycles. The molecule has 0 aliphatic heterocycles. The molecule has 2 amide bonds. The molecule has 98 valence electrons. The third-order valence-electron chi connectivity index (χ3n) is 1.96. The molecule has 5 N–H and O–H groups in total. The summed E-state index contributed by atoms with van der Waals surface area (Å²) in [5, 5.41) is 8.54. The number of carboxylic acid groups (broad SMARTS) is 1. The van der Waals surface area contributed by atoms with E-state index in [0.29, 0.717) is 6.54 Å². The highest BCUT2D eigenvalue weighted by molar-refractivity contribution is 5.89. The molecule has 0 saturated heterocycles. The van der Waals surface area contributed by atoms with Crippen LogP contribution < -0.4 is 11.5 Å². The number of carbonyl (C=O) groups excluding carboxylic acids is 2. The minimum absolute atomic E-state index is 0.135. The molecule has 0 aromatic carbocycles. The fourth-order valence-corrected chi connectivity index (χ4v) is 1.37. The molecule has 0 aliphatic rings. The SMILES string of the molecule is CC(C)CN(CC(N)=O)C(=O)C(N)CC(=O)O. The normalized spacial score (nSPS) is 12.2. The second-order valence-electron chi connectivity index (χ2n) is 4.28.